The van der Waals surface area contributed by atoms with E-state index in [9.17, 15) is 9.59 Å². The van der Waals surface area contributed by atoms with E-state index in [4.69, 9.17) is 0 Å². The van der Waals surface area contributed by atoms with Crippen molar-refractivity contribution in [2.24, 2.45) is 0 Å². The van der Waals surface area contributed by atoms with Crippen LogP contribution in [0, 0.1) is 0 Å². The van der Waals surface area contributed by atoms with E-state index in [-0.39, 0.29) is 18.4 Å². The van der Waals surface area contributed by atoms with Crippen molar-refractivity contribution >= 4 is 11.8 Å². The lowest BCUT2D eigenvalue weighted by Crippen LogP contribution is -2.57. The Kier molecular flexibility index (Phi) is 2.40. The molecule has 1 saturated heterocycles. The molecular weight excluding hydrogens is 196 g/mol. The van der Waals surface area contributed by atoms with E-state index in [1.165, 1.54) is 4.90 Å². The number of rotatable bonds is 2. The molecule has 2 N–H and O–H groups in total. The third kappa shape index (κ3) is 1.98. The number of likely N-dealkylation sites (N-methyl/N-ethyl adjacent to an activating group) is 1. The first-order chi connectivity index (χ1) is 7.16. The molecule has 6 heteroatoms. The lowest BCUT2D eigenvalue weighted by Gasteiger charge is -2.29. The number of aromatic amines is 1. The van der Waals surface area contributed by atoms with Crippen molar-refractivity contribution in [1.29, 1.82) is 0 Å². The van der Waals surface area contributed by atoms with Gasteiger partial charge in [-0.15, -0.1) is 0 Å². The molecule has 1 unspecified atom stereocenters. The normalized spacial score (nSPS) is 21.7. The highest BCUT2D eigenvalue weighted by Crippen LogP contribution is 2.05. The van der Waals surface area contributed by atoms with Gasteiger partial charge in [0.1, 0.15) is 6.04 Å². The predicted octanol–water partition coefficient (Wildman–Crippen LogP) is -1.09. The van der Waals surface area contributed by atoms with Gasteiger partial charge >= 0.3 is 0 Å². The zero-order valence-corrected chi connectivity index (χ0v) is 8.36. The number of H-pyrrole nitrogens is 1. The third-order valence-corrected chi connectivity index (χ3v) is 2.37. The molecule has 0 aliphatic carbocycles. The second kappa shape index (κ2) is 3.72. The number of carbonyl (C=O) groups excluding carboxylic acids is 2. The average Bonchev–Trinajstić information content (AvgIpc) is 2.66. The van der Waals surface area contributed by atoms with Crippen LogP contribution in [0.5, 0.6) is 0 Å². The summed E-state index contributed by atoms with van der Waals surface area (Å²) in [4.78, 5) is 31.1. The summed E-state index contributed by atoms with van der Waals surface area (Å²) in [5, 5.41) is 2.66. The van der Waals surface area contributed by atoms with Crippen molar-refractivity contribution in [3.8, 4) is 0 Å². The van der Waals surface area contributed by atoms with E-state index >= 15 is 0 Å². The van der Waals surface area contributed by atoms with Gasteiger partial charge < -0.3 is 15.2 Å². The van der Waals surface area contributed by atoms with Gasteiger partial charge in [-0.3, -0.25) is 9.59 Å². The zero-order valence-electron chi connectivity index (χ0n) is 8.36. The van der Waals surface area contributed by atoms with Crippen LogP contribution in [0.15, 0.2) is 12.5 Å². The zero-order chi connectivity index (χ0) is 10.8. The van der Waals surface area contributed by atoms with Crippen molar-refractivity contribution < 1.29 is 9.59 Å². The molecular formula is C9H12N4O2. The van der Waals surface area contributed by atoms with Crippen LogP contribution in [0.1, 0.15) is 5.69 Å². The third-order valence-electron chi connectivity index (χ3n) is 2.37. The van der Waals surface area contributed by atoms with Crippen LogP contribution in [0.3, 0.4) is 0 Å². The minimum atomic E-state index is -0.475. The van der Waals surface area contributed by atoms with E-state index in [1.54, 1.807) is 19.6 Å². The second-order valence-electron chi connectivity index (χ2n) is 3.60. The molecule has 15 heavy (non-hydrogen) atoms. The first kappa shape index (κ1) is 9.70. The first-order valence-corrected chi connectivity index (χ1v) is 4.68. The predicted molar refractivity (Wildman–Crippen MR) is 51.9 cm³/mol. The summed E-state index contributed by atoms with van der Waals surface area (Å²) in [5.74, 6) is -0.189. The maximum Gasteiger partial charge on any atom is 0.245 e. The minimum absolute atomic E-state index is 0.0656. The highest BCUT2D eigenvalue weighted by Gasteiger charge is 2.30. The van der Waals surface area contributed by atoms with Crippen molar-refractivity contribution in [2.75, 3.05) is 13.6 Å². The molecule has 1 fully saturated rings. The molecule has 80 valence electrons. The van der Waals surface area contributed by atoms with Crippen molar-refractivity contribution in [2.45, 2.75) is 12.5 Å². The topological polar surface area (TPSA) is 78.1 Å². The molecule has 0 spiro atoms. The Balaban J connectivity index is 2.07. The van der Waals surface area contributed by atoms with Gasteiger partial charge in [-0.1, -0.05) is 0 Å². The fourth-order valence-electron chi connectivity index (χ4n) is 1.62. The Labute approximate surface area is 86.7 Å². The molecule has 2 amide bonds. The van der Waals surface area contributed by atoms with Gasteiger partial charge in [0.15, 0.2) is 0 Å². The maximum absolute atomic E-state index is 11.7. The summed E-state index contributed by atoms with van der Waals surface area (Å²) in [6.45, 7) is 0.137. The molecule has 6 nitrogen and oxygen atoms in total. The van der Waals surface area contributed by atoms with Gasteiger partial charge in [0.05, 0.1) is 12.9 Å². The highest BCUT2D eigenvalue weighted by atomic mass is 16.2. The average molecular weight is 208 g/mol. The second-order valence-corrected chi connectivity index (χ2v) is 3.60. The van der Waals surface area contributed by atoms with Crippen LogP contribution in [-0.4, -0.2) is 46.3 Å². The fraction of sp³-hybridized carbons (Fsp3) is 0.444. The van der Waals surface area contributed by atoms with Crippen molar-refractivity contribution in [3.63, 3.8) is 0 Å². The lowest BCUT2D eigenvalue weighted by molar-refractivity contribution is -0.142. The minimum Gasteiger partial charge on any atom is -0.348 e. The SMILES string of the molecule is CN1CC(=O)NC(Cc2cnc[nH]2)C1=O. The van der Waals surface area contributed by atoms with E-state index < -0.39 is 6.04 Å². The summed E-state index contributed by atoms with van der Waals surface area (Å²) >= 11 is 0. The van der Waals surface area contributed by atoms with E-state index in [2.05, 4.69) is 15.3 Å². The Morgan fingerprint density at radius 2 is 2.40 bits per heavy atom. The van der Waals surface area contributed by atoms with Crippen LogP contribution in [0.25, 0.3) is 0 Å². The smallest absolute Gasteiger partial charge is 0.245 e. The summed E-state index contributed by atoms with van der Waals surface area (Å²) < 4.78 is 0. The number of imidazole rings is 1. The van der Waals surface area contributed by atoms with Gasteiger partial charge in [-0.25, -0.2) is 4.98 Å². The van der Waals surface area contributed by atoms with Gasteiger partial charge in [-0.2, -0.15) is 0 Å². The number of carbonyl (C=O) groups is 2. The summed E-state index contributed by atoms with van der Waals surface area (Å²) in [7, 11) is 1.63. The van der Waals surface area contributed by atoms with Crippen molar-refractivity contribution in [1.82, 2.24) is 20.2 Å². The standard InChI is InChI=1S/C9H12N4O2/c1-13-4-8(14)12-7(9(13)15)2-6-3-10-5-11-6/h3,5,7H,2,4H2,1H3,(H,10,11)(H,12,14). The van der Waals surface area contributed by atoms with E-state index in [0.29, 0.717) is 6.42 Å². The monoisotopic (exact) mass is 208 g/mol. The van der Waals surface area contributed by atoms with Gasteiger partial charge in [0.2, 0.25) is 11.8 Å². The molecule has 1 aromatic rings. The Morgan fingerprint density at radius 3 is 3.07 bits per heavy atom. The summed E-state index contributed by atoms with van der Waals surface area (Å²) in [6, 6.07) is -0.475. The molecule has 0 aromatic carbocycles. The molecule has 1 atom stereocenters. The number of hydrogen-bond acceptors (Lipinski definition) is 3. The van der Waals surface area contributed by atoms with Crippen molar-refractivity contribution in [3.05, 3.63) is 18.2 Å². The van der Waals surface area contributed by atoms with E-state index in [0.717, 1.165) is 5.69 Å². The number of piperazine rings is 1. The van der Waals surface area contributed by atoms with Gasteiger partial charge in [-0.05, 0) is 0 Å². The molecule has 1 aliphatic rings. The fourth-order valence-corrected chi connectivity index (χ4v) is 1.62. The number of aromatic nitrogens is 2. The molecule has 1 aromatic heterocycles. The van der Waals surface area contributed by atoms with E-state index in [1.807, 2.05) is 0 Å². The number of amides is 2. The Morgan fingerprint density at radius 1 is 1.60 bits per heavy atom. The van der Waals surface area contributed by atoms with Crippen LogP contribution in [0.2, 0.25) is 0 Å². The number of hydrogen-bond donors (Lipinski definition) is 2. The molecule has 0 saturated carbocycles. The van der Waals surface area contributed by atoms with Crippen LogP contribution >= 0.6 is 0 Å². The van der Waals surface area contributed by atoms with Crippen LogP contribution in [0.4, 0.5) is 0 Å². The summed E-state index contributed by atoms with van der Waals surface area (Å²) in [5.41, 5.74) is 0.837. The molecule has 2 heterocycles. The lowest BCUT2D eigenvalue weighted by atomic mass is 10.1. The Bertz CT molecular complexity index is 373. The largest absolute Gasteiger partial charge is 0.348 e. The molecule has 0 radical (unpaired) electrons. The Hall–Kier alpha value is -1.85. The molecule has 1 aliphatic heterocycles. The maximum atomic E-state index is 11.7. The molecule has 0 bridgehead atoms. The highest BCUT2D eigenvalue weighted by molar-refractivity contribution is 5.94. The first-order valence-electron chi connectivity index (χ1n) is 4.68. The van der Waals surface area contributed by atoms with Crippen LogP contribution < -0.4 is 5.32 Å². The number of nitrogens with one attached hydrogen (secondary N) is 2. The quantitative estimate of drug-likeness (QED) is 0.648. The van der Waals surface area contributed by atoms with Gasteiger partial charge in [0, 0.05) is 25.4 Å². The number of nitrogens with zero attached hydrogens (tertiary/aromatic N) is 2. The molecule has 2 rings (SSSR count). The van der Waals surface area contributed by atoms with Crippen LogP contribution in [-0.2, 0) is 16.0 Å². The van der Waals surface area contributed by atoms with Gasteiger partial charge in [0.25, 0.3) is 0 Å². The summed E-state index contributed by atoms with van der Waals surface area (Å²) in [6.07, 6.45) is 3.65.